The van der Waals surface area contributed by atoms with Crippen LogP contribution >= 0.6 is 15.9 Å². The lowest BCUT2D eigenvalue weighted by Crippen LogP contribution is -2.31. The molecule has 1 aromatic rings. The monoisotopic (exact) mass is 330 g/mol. The molecule has 0 radical (unpaired) electrons. The summed E-state index contributed by atoms with van der Waals surface area (Å²) < 4.78 is 0.807. The summed E-state index contributed by atoms with van der Waals surface area (Å²) in [5.74, 6) is -0.687. The van der Waals surface area contributed by atoms with Crippen LogP contribution in [0.3, 0.4) is 0 Å². The molecule has 1 rings (SSSR count). The van der Waals surface area contributed by atoms with E-state index < -0.39 is 5.97 Å². The second kappa shape index (κ2) is 7.33. The van der Waals surface area contributed by atoms with Gasteiger partial charge in [-0.2, -0.15) is 0 Å². The van der Waals surface area contributed by atoms with E-state index in [0.717, 1.165) is 10.9 Å². The van der Waals surface area contributed by atoms with Gasteiger partial charge in [-0.3, -0.25) is 9.59 Å². The van der Waals surface area contributed by atoms with E-state index in [2.05, 4.69) is 26.2 Å². The molecule has 5 nitrogen and oxygen atoms in total. The summed E-state index contributed by atoms with van der Waals surface area (Å²) in [6.45, 7) is 4.46. The molecule has 0 aromatic carbocycles. The molecule has 0 aliphatic rings. The summed E-state index contributed by atoms with van der Waals surface area (Å²) in [5, 5.41) is 11.6. The van der Waals surface area contributed by atoms with Gasteiger partial charge in [0.05, 0.1) is 0 Å². The van der Waals surface area contributed by atoms with Crippen LogP contribution in [-0.2, 0) is 4.79 Å². The predicted molar refractivity (Wildman–Crippen MR) is 76.0 cm³/mol. The normalized spacial score (nSPS) is 12.4. The minimum absolute atomic E-state index is 0.0418. The first-order valence-electron chi connectivity index (χ1n) is 6.22. The van der Waals surface area contributed by atoms with Gasteiger partial charge in [-0.05, 0) is 40.3 Å². The molecular weight excluding hydrogens is 312 g/mol. The molecule has 6 heteroatoms. The highest BCUT2D eigenvalue weighted by atomic mass is 79.9. The number of H-pyrrole nitrogens is 1. The number of carboxylic acid groups (broad SMARTS) is 1. The lowest BCUT2D eigenvalue weighted by Gasteiger charge is -2.17. The Morgan fingerprint density at radius 2 is 2.16 bits per heavy atom. The van der Waals surface area contributed by atoms with E-state index in [-0.39, 0.29) is 18.2 Å². The maximum absolute atomic E-state index is 11.8. The first-order valence-corrected chi connectivity index (χ1v) is 7.01. The Morgan fingerprint density at radius 1 is 1.47 bits per heavy atom. The molecule has 1 aromatic heterocycles. The third-order valence-electron chi connectivity index (χ3n) is 2.71. The molecule has 0 aliphatic heterocycles. The molecule has 19 heavy (non-hydrogen) atoms. The number of nitrogens with one attached hydrogen (secondary N) is 2. The molecule has 3 N–H and O–H groups in total. The van der Waals surface area contributed by atoms with Crippen molar-refractivity contribution in [2.24, 2.45) is 11.8 Å². The Bertz CT molecular complexity index is 443. The molecule has 1 amide bonds. The third-order valence-corrected chi connectivity index (χ3v) is 3.17. The van der Waals surface area contributed by atoms with Crippen molar-refractivity contribution in [2.45, 2.75) is 26.7 Å². The van der Waals surface area contributed by atoms with Gasteiger partial charge >= 0.3 is 5.97 Å². The highest BCUT2D eigenvalue weighted by molar-refractivity contribution is 9.10. The minimum atomic E-state index is -0.831. The zero-order valence-electron chi connectivity index (χ0n) is 11.1. The van der Waals surface area contributed by atoms with E-state index in [1.54, 1.807) is 12.3 Å². The quantitative estimate of drug-likeness (QED) is 0.718. The van der Waals surface area contributed by atoms with Crippen LogP contribution in [-0.4, -0.2) is 28.5 Å². The Hall–Kier alpha value is -1.30. The summed E-state index contributed by atoms with van der Waals surface area (Å²) in [5.41, 5.74) is 0.463. The first-order chi connectivity index (χ1) is 8.88. The van der Waals surface area contributed by atoms with Gasteiger partial charge < -0.3 is 15.4 Å². The Morgan fingerprint density at radius 3 is 2.63 bits per heavy atom. The number of aromatic amines is 1. The Labute approximate surface area is 120 Å². The highest BCUT2D eigenvalue weighted by Crippen LogP contribution is 2.15. The van der Waals surface area contributed by atoms with Crippen molar-refractivity contribution in [1.82, 2.24) is 10.3 Å². The minimum Gasteiger partial charge on any atom is -0.481 e. The number of carbonyl (C=O) groups excluding carboxylic acids is 1. The van der Waals surface area contributed by atoms with Crippen LogP contribution in [0.4, 0.5) is 0 Å². The second-order valence-electron chi connectivity index (χ2n) is 5.04. The fourth-order valence-corrected chi connectivity index (χ4v) is 2.33. The lowest BCUT2D eigenvalue weighted by atomic mass is 9.94. The van der Waals surface area contributed by atoms with Gasteiger partial charge in [-0.1, -0.05) is 13.8 Å². The fourth-order valence-electron chi connectivity index (χ4n) is 1.98. The van der Waals surface area contributed by atoms with Crippen molar-refractivity contribution in [3.63, 3.8) is 0 Å². The number of aliphatic carboxylic acids is 1. The van der Waals surface area contributed by atoms with Crippen LogP contribution in [0.5, 0.6) is 0 Å². The standard InChI is InChI=1S/C13H19BrN2O3/c1-8(2)3-9(4-12(17)18)6-16-13(19)11-5-10(14)7-15-11/h5,7-9,15H,3-4,6H2,1-2H3,(H,16,19)(H,17,18). The maximum atomic E-state index is 11.8. The smallest absolute Gasteiger partial charge is 0.303 e. The largest absolute Gasteiger partial charge is 0.481 e. The molecule has 0 bridgehead atoms. The average Bonchev–Trinajstić information content (AvgIpc) is 2.71. The van der Waals surface area contributed by atoms with Crippen LogP contribution in [0.2, 0.25) is 0 Å². The number of carbonyl (C=O) groups is 2. The Balaban J connectivity index is 2.50. The van der Waals surface area contributed by atoms with Crippen LogP contribution in [0.15, 0.2) is 16.7 Å². The number of aromatic nitrogens is 1. The molecule has 1 heterocycles. The molecule has 1 atom stereocenters. The average molecular weight is 331 g/mol. The van der Waals surface area contributed by atoms with E-state index in [0.29, 0.717) is 18.2 Å². The summed E-state index contributed by atoms with van der Waals surface area (Å²) in [6, 6.07) is 1.68. The molecular formula is C13H19BrN2O3. The molecule has 106 valence electrons. The first kappa shape index (κ1) is 15.8. The number of carboxylic acids is 1. The van der Waals surface area contributed by atoms with Crippen LogP contribution < -0.4 is 5.32 Å². The third kappa shape index (κ3) is 5.92. The van der Waals surface area contributed by atoms with Gasteiger partial charge in [-0.15, -0.1) is 0 Å². The molecule has 0 spiro atoms. The summed E-state index contributed by atoms with van der Waals surface area (Å²) in [7, 11) is 0. The van der Waals surface area contributed by atoms with Gasteiger partial charge in [0.2, 0.25) is 0 Å². The van der Waals surface area contributed by atoms with Crippen molar-refractivity contribution in [3.05, 3.63) is 22.4 Å². The zero-order chi connectivity index (χ0) is 14.4. The van der Waals surface area contributed by atoms with Crippen molar-refractivity contribution < 1.29 is 14.7 Å². The number of amides is 1. The number of rotatable bonds is 7. The molecule has 0 fully saturated rings. The molecule has 0 saturated carbocycles. The van der Waals surface area contributed by atoms with E-state index in [1.807, 2.05) is 13.8 Å². The highest BCUT2D eigenvalue weighted by Gasteiger charge is 2.17. The lowest BCUT2D eigenvalue weighted by molar-refractivity contribution is -0.138. The summed E-state index contributed by atoms with van der Waals surface area (Å²) >= 11 is 3.26. The predicted octanol–water partition coefficient (Wildman–Crippen LogP) is 2.64. The second-order valence-corrected chi connectivity index (χ2v) is 5.95. The van der Waals surface area contributed by atoms with E-state index >= 15 is 0 Å². The van der Waals surface area contributed by atoms with E-state index in [9.17, 15) is 9.59 Å². The van der Waals surface area contributed by atoms with Gasteiger partial charge in [0.25, 0.3) is 5.91 Å². The van der Waals surface area contributed by atoms with Crippen molar-refractivity contribution in [3.8, 4) is 0 Å². The van der Waals surface area contributed by atoms with Crippen LogP contribution in [0, 0.1) is 11.8 Å². The Kier molecular flexibility index (Phi) is 6.08. The molecule has 1 unspecified atom stereocenters. The SMILES string of the molecule is CC(C)CC(CNC(=O)c1cc(Br)c[nH]1)CC(=O)O. The van der Waals surface area contributed by atoms with Crippen molar-refractivity contribution >= 4 is 27.8 Å². The van der Waals surface area contributed by atoms with Gasteiger partial charge in [0, 0.05) is 23.6 Å². The molecule has 0 aliphatic carbocycles. The van der Waals surface area contributed by atoms with Crippen LogP contribution in [0.25, 0.3) is 0 Å². The number of hydrogen-bond acceptors (Lipinski definition) is 2. The number of hydrogen-bond donors (Lipinski definition) is 3. The maximum Gasteiger partial charge on any atom is 0.303 e. The number of halogens is 1. The van der Waals surface area contributed by atoms with Crippen molar-refractivity contribution in [1.29, 1.82) is 0 Å². The van der Waals surface area contributed by atoms with Gasteiger partial charge in [-0.25, -0.2) is 0 Å². The summed E-state index contributed by atoms with van der Waals surface area (Å²) in [4.78, 5) is 25.4. The van der Waals surface area contributed by atoms with E-state index in [1.165, 1.54) is 0 Å². The van der Waals surface area contributed by atoms with Crippen LogP contribution in [0.1, 0.15) is 37.2 Å². The van der Waals surface area contributed by atoms with Gasteiger partial charge in [0.1, 0.15) is 5.69 Å². The fraction of sp³-hybridized carbons (Fsp3) is 0.538. The van der Waals surface area contributed by atoms with E-state index in [4.69, 9.17) is 5.11 Å². The zero-order valence-corrected chi connectivity index (χ0v) is 12.7. The topological polar surface area (TPSA) is 82.2 Å². The van der Waals surface area contributed by atoms with Gasteiger partial charge in [0.15, 0.2) is 0 Å². The molecule has 0 saturated heterocycles. The summed E-state index contributed by atoms with van der Waals surface area (Å²) in [6.07, 6.45) is 2.53. The van der Waals surface area contributed by atoms with Crippen molar-refractivity contribution in [2.75, 3.05) is 6.54 Å².